The molecule has 72 valence electrons. The average molecular weight is 251 g/mol. The Morgan fingerprint density at radius 3 is 3.00 bits per heavy atom. The van der Waals surface area contributed by atoms with Crippen LogP contribution in [0.5, 0.6) is 0 Å². The standard InChI is InChI=1S/C11H11BrN2/c1-13-7-11-10-3-2-9(12)6-8(10)4-5-14-11/h2-6,13H,7H2,1H3. The molecule has 0 fully saturated rings. The van der Waals surface area contributed by atoms with Crippen molar-refractivity contribution in [3.63, 3.8) is 0 Å². The second-order valence-corrected chi connectivity index (χ2v) is 4.07. The van der Waals surface area contributed by atoms with Crippen LogP contribution in [0.1, 0.15) is 5.69 Å². The van der Waals surface area contributed by atoms with E-state index in [1.807, 2.05) is 25.4 Å². The number of pyridine rings is 1. The van der Waals surface area contributed by atoms with Gasteiger partial charge in [0.05, 0.1) is 5.69 Å². The Bertz CT molecular complexity index is 454. The van der Waals surface area contributed by atoms with E-state index in [0.717, 1.165) is 16.7 Å². The summed E-state index contributed by atoms with van der Waals surface area (Å²) in [6.07, 6.45) is 1.85. The molecule has 0 aliphatic carbocycles. The van der Waals surface area contributed by atoms with Gasteiger partial charge in [-0.25, -0.2) is 0 Å². The van der Waals surface area contributed by atoms with Crippen LogP contribution >= 0.6 is 15.9 Å². The maximum absolute atomic E-state index is 4.35. The minimum Gasteiger partial charge on any atom is -0.314 e. The molecule has 1 aromatic carbocycles. The fraction of sp³-hybridized carbons (Fsp3) is 0.182. The molecule has 0 unspecified atom stereocenters. The number of hydrogen-bond acceptors (Lipinski definition) is 2. The van der Waals surface area contributed by atoms with Gasteiger partial charge in [0.25, 0.3) is 0 Å². The van der Waals surface area contributed by atoms with Gasteiger partial charge in [0.15, 0.2) is 0 Å². The molecule has 0 bridgehead atoms. The molecular formula is C11H11BrN2. The maximum atomic E-state index is 4.35. The van der Waals surface area contributed by atoms with Crippen molar-refractivity contribution >= 4 is 26.7 Å². The summed E-state index contributed by atoms with van der Waals surface area (Å²) >= 11 is 3.46. The third-order valence-electron chi connectivity index (χ3n) is 2.15. The largest absolute Gasteiger partial charge is 0.314 e. The summed E-state index contributed by atoms with van der Waals surface area (Å²) in [6.45, 7) is 0.805. The van der Waals surface area contributed by atoms with Gasteiger partial charge in [0, 0.05) is 22.6 Å². The minimum atomic E-state index is 0.805. The van der Waals surface area contributed by atoms with Crippen LogP contribution in [0.4, 0.5) is 0 Å². The van der Waals surface area contributed by atoms with Crippen LogP contribution in [-0.4, -0.2) is 12.0 Å². The van der Waals surface area contributed by atoms with Crippen LogP contribution in [0.25, 0.3) is 10.8 Å². The Labute approximate surface area is 91.5 Å². The number of nitrogens with one attached hydrogen (secondary N) is 1. The predicted octanol–water partition coefficient (Wildman–Crippen LogP) is 2.72. The first-order valence-corrected chi connectivity index (χ1v) is 5.28. The first kappa shape index (κ1) is 9.62. The number of nitrogens with zero attached hydrogens (tertiary/aromatic N) is 1. The van der Waals surface area contributed by atoms with Crippen LogP contribution in [0.3, 0.4) is 0 Å². The SMILES string of the molecule is CNCc1nccc2cc(Br)ccc12. The molecule has 0 saturated carbocycles. The zero-order chi connectivity index (χ0) is 9.97. The van der Waals surface area contributed by atoms with Gasteiger partial charge >= 0.3 is 0 Å². The highest BCUT2D eigenvalue weighted by atomic mass is 79.9. The Morgan fingerprint density at radius 1 is 1.36 bits per heavy atom. The minimum absolute atomic E-state index is 0.805. The van der Waals surface area contributed by atoms with E-state index in [-0.39, 0.29) is 0 Å². The summed E-state index contributed by atoms with van der Waals surface area (Å²) in [6, 6.07) is 8.28. The van der Waals surface area contributed by atoms with E-state index in [1.54, 1.807) is 0 Å². The van der Waals surface area contributed by atoms with Gasteiger partial charge in [0.1, 0.15) is 0 Å². The molecule has 1 N–H and O–H groups in total. The van der Waals surface area contributed by atoms with Gasteiger partial charge < -0.3 is 5.32 Å². The van der Waals surface area contributed by atoms with Crippen LogP contribution in [-0.2, 0) is 6.54 Å². The van der Waals surface area contributed by atoms with Crippen molar-refractivity contribution in [2.24, 2.45) is 0 Å². The Balaban J connectivity index is 2.62. The first-order chi connectivity index (χ1) is 6.81. The molecule has 0 radical (unpaired) electrons. The molecule has 0 aliphatic rings. The lowest BCUT2D eigenvalue weighted by atomic mass is 10.1. The Hall–Kier alpha value is -0.930. The summed E-state index contributed by atoms with van der Waals surface area (Å²) in [5.41, 5.74) is 1.09. The summed E-state index contributed by atoms with van der Waals surface area (Å²) in [4.78, 5) is 4.35. The maximum Gasteiger partial charge on any atom is 0.0619 e. The van der Waals surface area contributed by atoms with E-state index in [1.165, 1.54) is 10.8 Å². The van der Waals surface area contributed by atoms with Crippen molar-refractivity contribution in [1.29, 1.82) is 0 Å². The number of halogens is 1. The molecule has 0 atom stereocenters. The van der Waals surface area contributed by atoms with E-state index < -0.39 is 0 Å². The number of aromatic nitrogens is 1. The van der Waals surface area contributed by atoms with Crippen molar-refractivity contribution in [3.05, 3.63) is 40.6 Å². The number of rotatable bonds is 2. The molecule has 0 amide bonds. The highest BCUT2D eigenvalue weighted by Crippen LogP contribution is 2.21. The van der Waals surface area contributed by atoms with Crippen LogP contribution < -0.4 is 5.32 Å². The van der Waals surface area contributed by atoms with Gasteiger partial charge in [-0.2, -0.15) is 0 Å². The lowest BCUT2D eigenvalue weighted by molar-refractivity contribution is 0.799. The molecule has 2 aromatic rings. The number of benzene rings is 1. The Kier molecular flexibility index (Phi) is 2.79. The zero-order valence-corrected chi connectivity index (χ0v) is 9.51. The predicted molar refractivity (Wildman–Crippen MR) is 62.2 cm³/mol. The van der Waals surface area contributed by atoms with Crippen molar-refractivity contribution in [1.82, 2.24) is 10.3 Å². The van der Waals surface area contributed by atoms with Gasteiger partial charge in [-0.15, -0.1) is 0 Å². The molecule has 2 nitrogen and oxygen atoms in total. The van der Waals surface area contributed by atoms with Crippen molar-refractivity contribution < 1.29 is 0 Å². The zero-order valence-electron chi connectivity index (χ0n) is 7.92. The topological polar surface area (TPSA) is 24.9 Å². The van der Waals surface area contributed by atoms with E-state index in [4.69, 9.17) is 0 Å². The van der Waals surface area contributed by atoms with Crippen LogP contribution in [0.2, 0.25) is 0 Å². The quantitative estimate of drug-likeness (QED) is 0.887. The fourth-order valence-corrected chi connectivity index (χ4v) is 1.90. The van der Waals surface area contributed by atoms with Crippen molar-refractivity contribution in [3.8, 4) is 0 Å². The molecule has 0 aliphatic heterocycles. The molecule has 14 heavy (non-hydrogen) atoms. The van der Waals surface area contributed by atoms with Crippen LogP contribution in [0.15, 0.2) is 34.9 Å². The lowest BCUT2D eigenvalue weighted by Crippen LogP contribution is -2.07. The fourth-order valence-electron chi connectivity index (χ4n) is 1.52. The summed E-state index contributed by atoms with van der Waals surface area (Å²) < 4.78 is 1.10. The third-order valence-corrected chi connectivity index (χ3v) is 2.65. The normalized spacial score (nSPS) is 10.7. The molecule has 0 saturated heterocycles. The van der Waals surface area contributed by atoms with E-state index in [9.17, 15) is 0 Å². The van der Waals surface area contributed by atoms with Crippen molar-refractivity contribution in [2.45, 2.75) is 6.54 Å². The van der Waals surface area contributed by atoms with Gasteiger partial charge in [-0.05, 0) is 30.6 Å². The molecule has 1 aromatic heterocycles. The van der Waals surface area contributed by atoms with E-state index in [0.29, 0.717) is 0 Å². The summed E-state index contributed by atoms with van der Waals surface area (Å²) in [5, 5.41) is 5.55. The number of fused-ring (bicyclic) bond motifs is 1. The average Bonchev–Trinajstić information content (AvgIpc) is 2.18. The first-order valence-electron chi connectivity index (χ1n) is 4.49. The number of hydrogen-bond donors (Lipinski definition) is 1. The molecule has 2 rings (SSSR count). The van der Waals surface area contributed by atoms with E-state index in [2.05, 4.69) is 38.4 Å². The molecule has 3 heteroatoms. The van der Waals surface area contributed by atoms with Gasteiger partial charge in [0.2, 0.25) is 0 Å². The second-order valence-electron chi connectivity index (χ2n) is 3.15. The van der Waals surface area contributed by atoms with Gasteiger partial charge in [-0.3, -0.25) is 4.98 Å². The molecule has 0 spiro atoms. The highest BCUT2D eigenvalue weighted by Gasteiger charge is 2.00. The van der Waals surface area contributed by atoms with Crippen molar-refractivity contribution in [2.75, 3.05) is 7.05 Å². The molecule has 1 heterocycles. The summed E-state index contributed by atoms with van der Waals surface area (Å²) in [7, 11) is 1.93. The molecular weight excluding hydrogens is 240 g/mol. The monoisotopic (exact) mass is 250 g/mol. The smallest absolute Gasteiger partial charge is 0.0619 e. The Morgan fingerprint density at radius 2 is 2.21 bits per heavy atom. The van der Waals surface area contributed by atoms with Crippen LogP contribution in [0, 0.1) is 0 Å². The third kappa shape index (κ3) is 1.79. The highest BCUT2D eigenvalue weighted by molar-refractivity contribution is 9.10. The summed E-state index contributed by atoms with van der Waals surface area (Å²) in [5.74, 6) is 0. The lowest BCUT2D eigenvalue weighted by Gasteiger charge is -2.04. The van der Waals surface area contributed by atoms with E-state index >= 15 is 0 Å². The van der Waals surface area contributed by atoms with Gasteiger partial charge in [-0.1, -0.05) is 22.0 Å². The second kappa shape index (κ2) is 4.07.